The molecule has 0 unspecified atom stereocenters. The summed E-state index contributed by atoms with van der Waals surface area (Å²) < 4.78 is 5.20. The van der Waals surface area contributed by atoms with Crippen molar-refractivity contribution in [3.63, 3.8) is 0 Å². The number of fused-ring (bicyclic) bond motifs is 1. The Bertz CT molecular complexity index is 783. The molecule has 21 heavy (non-hydrogen) atoms. The van der Waals surface area contributed by atoms with Crippen molar-refractivity contribution in [2.45, 2.75) is 11.8 Å². The second-order valence-electron chi connectivity index (χ2n) is 4.68. The van der Waals surface area contributed by atoms with Crippen LogP contribution in [0.1, 0.15) is 11.3 Å². The first-order valence-electron chi connectivity index (χ1n) is 6.54. The predicted molar refractivity (Wildman–Crippen MR) is 85.4 cm³/mol. The van der Waals surface area contributed by atoms with Gasteiger partial charge in [0.1, 0.15) is 5.69 Å². The molecule has 2 aromatic carbocycles. The van der Waals surface area contributed by atoms with E-state index in [4.69, 9.17) is 4.52 Å². The minimum absolute atomic E-state index is 0.110. The van der Waals surface area contributed by atoms with E-state index in [0.717, 1.165) is 22.0 Å². The molecule has 0 bridgehead atoms. The van der Waals surface area contributed by atoms with Gasteiger partial charge in [0.05, 0.1) is 6.42 Å². The summed E-state index contributed by atoms with van der Waals surface area (Å²) in [6.45, 7) is 0. The molecule has 0 spiro atoms. The Hall–Kier alpha value is -2.14. The van der Waals surface area contributed by atoms with Crippen molar-refractivity contribution < 1.29 is 9.32 Å². The summed E-state index contributed by atoms with van der Waals surface area (Å²) in [5, 5.41) is 8.48. The maximum absolute atomic E-state index is 12.1. The van der Waals surface area contributed by atoms with Crippen molar-refractivity contribution in [3.8, 4) is 0 Å². The zero-order valence-electron chi connectivity index (χ0n) is 11.2. The van der Waals surface area contributed by atoms with Crippen LogP contribution in [-0.4, -0.2) is 11.1 Å². The van der Waals surface area contributed by atoms with Gasteiger partial charge in [0.25, 0.3) is 0 Å². The number of rotatable bonds is 4. The minimum Gasteiger partial charge on any atom is -0.356 e. The Labute approximate surface area is 130 Å². The highest BCUT2D eigenvalue weighted by Crippen LogP contribution is 2.19. The number of carbonyl (C=O) groups is 1. The summed E-state index contributed by atoms with van der Waals surface area (Å²) >= 11 is 3.40. The number of carbonyl (C=O) groups excluding carboxylic acids is 1. The highest BCUT2D eigenvalue weighted by molar-refractivity contribution is 9.08. The van der Waals surface area contributed by atoms with Gasteiger partial charge < -0.3 is 9.84 Å². The first-order chi connectivity index (χ1) is 10.3. The van der Waals surface area contributed by atoms with E-state index in [1.165, 1.54) is 0 Å². The number of hydrogen-bond acceptors (Lipinski definition) is 3. The quantitative estimate of drug-likeness (QED) is 0.730. The minimum atomic E-state index is -0.110. The molecule has 5 heteroatoms. The molecule has 4 nitrogen and oxygen atoms in total. The third kappa shape index (κ3) is 3.13. The molecular weight excluding hydrogens is 332 g/mol. The Morgan fingerprint density at radius 3 is 2.90 bits per heavy atom. The molecule has 3 rings (SSSR count). The standard InChI is InChI=1S/C16H13BrN2O2/c17-10-11-4-3-5-12(8-11)18-16(20)9-14-13-6-1-2-7-15(13)21-19-14/h1-8H,9-10H2,(H,18,20). The van der Waals surface area contributed by atoms with Gasteiger partial charge in [-0.25, -0.2) is 0 Å². The van der Waals surface area contributed by atoms with Crippen molar-refractivity contribution in [1.82, 2.24) is 5.16 Å². The Kier molecular flexibility index (Phi) is 4.01. The second-order valence-corrected chi connectivity index (χ2v) is 5.25. The number of anilines is 1. The van der Waals surface area contributed by atoms with E-state index in [0.29, 0.717) is 11.3 Å². The van der Waals surface area contributed by atoms with Gasteiger partial charge in [0.2, 0.25) is 5.91 Å². The summed E-state index contributed by atoms with van der Waals surface area (Å²) in [7, 11) is 0. The molecule has 0 aliphatic heterocycles. The fraction of sp³-hybridized carbons (Fsp3) is 0.125. The van der Waals surface area contributed by atoms with Crippen molar-refractivity contribution in [2.24, 2.45) is 0 Å². The highest BCUT2D eigenvalue weighted by Gasteiger charge is 2.12. The lowest BCUT2D eigenvalue weighted by molar-refractivity contribution is -0.115. The molecule has 0 aliphatic carbocycles. The molecule has 1 heterocycles. The lowest BCUT2D eigenvalue weighted by Crippen LogP contribution is -2.14. The number of halogens is 1. The molecule has 0 radical (unpaired) electrons. The van der Waals surface area contributed by atoms with Gasteiger partial charge in [-0.15, -0.1) is 0 Å². The van der Waals surface area contributed by atoms with Crippen LogP contribution < -0.4 is 5.32 Å². The van der Waals surface area contributed by atoms with Crippen LogP contribution in [0.5, 0.6) is 0 Å². The molecule has 0 atom stereocenters. The fourth-order valence-electron chi connectivity index (χ4n) is 2.16. The number of para-hydroxylation sites is 1. The third-order valence-corrected chi connectivity index (χ3v) is 3.79. The Balaban J connectivity index is 1.74. The van der Waals surface area contributed by atoms with Crippen LogP contribution in [0.15, 0.2) is 53.1 Å². The average Bonchev–Trinajstić information content (AvgIpc) is 2.91. The van der Waals surface area contributed by atoms with E-state index in [1.807, 2.05) is 48.5 Å². The van der Waals surface area contributed by atoms with Gasteiger partial charge >= 0.3 is 0 Å². The maximum Gasteiger partial charge on any atom is 0.230 e. The summed E-state index contributed by atoms with van der Waals surface area (Å²) in [6, 6.07) is 15.2. The van der Waals surface area contributed by atoms with Gasteiger partial charge in [0.15, 0.2) is 5.58 Å². The largest absolute Gasteiger partial charge is 0.356 e. The van der Waals surface area contributed by atoms with Crippen molar-refractivity contribution >= 4 is 38.5 Å². The molecule has 0 saturated carbocycles. The van der Waals surface area contributed by atoms with E-state index < -0.39 is 0 Å². The summed E-state index contributed by atoms with van der Waals surface area (Å²) in [5.74, 6) is -0.110. The highest BCUT2D eigenvalue weighted by atomic mass is 79.9. The zero-order chi connectivity index (χ0) is 14.7. The number of aromatic nitrogens is 1. The normalized spacial score (nSPS) is 10.7. The van der Waals surface area contributed by atoms with Crippen LogP contribution >= 0.6 is 15.9 Å². The van der Waals surface area contributed by atoms with Crippen LogP contribution in [0.4, 0.5) is 5.69 Å². The summed E-state index contributed by atoms with van der Waals surface area (Å²) in [6.07, 6.45) is 0.190. The molecule has 1 amide bonds. The second kappa shape index (κ2) is 6.10. The lowest BCUT2D eigenvalue weighted by atomic mass is 10.1. The molecular formula is C16H13BrN2O2. The first kappa shape index (κ1) is 13.8. The van der Waals surface area contributed by atoms with E-state index in [-0.39, 0.29) is 12.3 Å². The van der Waals surface area contributed by atoms with Gasteiger partial charge in [-0.3, -0.25) is 4.79 Å². The SMILES string of the molecule is O=C(Cc1noc2ccccc12)Nc1cccc(CBr)c1. The van der Waals surface area contributed by atoms with Crippen LogP contribution in [-0.2, 0) is 16.5 Å². The molecule has 1 aromatic heterocycles. The van der Waals surface area contributed by atoms with Gasteiger partial charge in [-0.05, 0) is 29.8 Å². The molecule has 0 aliphatic rings. The van der Waals surface area contributed by atoms with E-state index in [9.17, 15) is 4.79 Å². The van der Waals surface area contributed by atoms with Gasteiger partial charge in [-0.1, -0.05) is 45.4 Å². The smallest absolute Gasteiger partial charge is 0.230 e. The Morgan fingerprint density at radius 1 is 1.19 bits per heavy atom. The number of hydrogen-bond donors (Lipinski definition) is 1. The van der Waals surface area contributed by atoms with Crippen LogP contribution in [0.3, 0.4) is 0 Å². The maximum atomic E-state index is 12.1. The van der Waals surface area contributed by atoms with E-state index >= 15 is 0 Å². The summed E-state index contributed by atoms with van der Waals surface area (Å²) in [4.78, 5) is 12.1. The van der Waals surface area contributed by atoms with Crippen molar-refractivity contribution in [1.29, 1.82) is 0 Å². The monoisotopic (exact) mass is 344 g/mol. The van der Waals surface area contributed by atoms with E-state index in [2.05, 4.69) is 26.4 Å². The number of alkyl halides is 1. The van der Waals surface area contributed by atoms with Crippen molar-refractivity contribution in [2.75, 3.05) is 5.32 Å². The molecule has 106 valence electrons. The third-order valence-electron chi connectivity index (χ3n) is 3.15. The van der Waals surface area contributed by atoms with Gasteiger partial charge in [0, 0.05) is 16.4 Å². The topological polar surface area (TPSA) is 55.1 Å². The average molecular weight is 345 g/mol. The predicted octanol–water partition coefficient (Wildman–Crippen LogP) is 3.90. The molecule has 1 N–H and O–H groups in total. The van der Waals surface area contributed by atoms with Crippen LogP contribution in [0.25, 0.3) is 11.0 Å². The van der Waals surface area contributed by atoms with Crippen molar-refractivity contribution in [3.05, 3.63) is 59.8 Å². The zero-order valence-corrected chi connectivity index (χ0v) is 12.8. The molecule has 3 aromatic rings. The Morgan fingerprint density at radius 2 is 2.05 bits per heavy atom. The first-order valence-corrected chi connectivity index (χ1v) is 7.66. The number of amides is 1. The van der Waals surface area contributed by atoms with Gasteiger partial charge in [-0.2, -0.15) is 0 Å². The summed E-state index contributed by atoms with van der Waals surface area (Å²) in [5.41, 5.74) is 3.24. The van der Waals surface area contributed by atoms with E-state index in [1.54, 1.807) is 0 Å². The number of nitrogens with zero attached hydrogens (tertiary/aromatic N) is 1. The van der Waals surface area contributed by atoms with Crippen LogP contribution in [0, 0.1) is 0 Å². The number of nitrogens with one attached hydrogen (secondary N) is 1. The van der Waals surface area contributed by atoms with Crippen LogP contribution in [0.2, 0.25) is 0 Å². The number of benzene rings is 2. The molecule has 0 fully saturated rings. The molecule has 0 saturated heterocycles. The lowest BCUT2D eigenvalue weighted by Gasteiger charge is -2.05. The fourth-order valence-corrected chi connectivity index (χ4v) is 2.50.